The summed E-state index contributed by atoms with van der Waals surface area (Å²) < 4.78 is 10.5. The zero-order chi connectivity index (χ0) is 20.7. The van der Waals surface area contributed by atoms with Crippen LogP contribution in [0, 0.1) is 0 Å². The van der Waals surface area contributed by atoms with Gasteiger partial charge in [0, 0.05) is 13.5 Å². The van der Waals surface area contributed by atoms with E-state index in [1.807, 2.05) is 54.6 Å². The number of rotatable bonds is 7. The largest absolute Gasteiger partial charge is 0.444 e. The van der Waals surface area contributed by atoms with Gasteiger partial charge in [0.15, 0.2) is 0 Å². The Bertz CT molecular complexity index is 782. The standard InChI is InChI=1S/C22H28N2O4/c1-22(2,3)28-21(26)24(15-27-4)19(20(23)25)14-16-10-12-18(13-11-16)17-8-6-5-7-9-17/h5-13,19H,14-15H2,1-4H3,(H2,23,25). The molecule has 0 aromatic heterocycles. The number of hydrogen-bond donors (Lipinski definition) is 1. The van der Waals surface area contributed by atoms with Crippen molar-refractivity contribution in [3.8, 4) is 11.1 Å². The molecule has 0 radical (unpaired) electrons. The average molecular weight is 384 g/mol. The lowest BCUT2D eigenvalue weighted by Crippen LogP contribution is -2.51. The van der Waals surface area contributed by atoms with E-state index in [4.69, 9.17) is 15.2 Å². The summed E-state index contributed by atoms with van der Waals surface area (Å²) in [5, 5.41) is 0. The molecule has 150 valence electrons. The lowest BCUT2D eigenvalue weighted by atomic mass is 10.00. The molecule has 1 unspecified atom stereocenters. The molecule has 0 saturated carbocycles. The lowest BCUT2D eigenvalue weighted by molar-refractivity contribution is -0.125. The summed E-state index contributed by atoms with van der Waals surface area (Å²) in [4.78, 5) is 25.9. The van der Waals surface area contributed by atoms with E-state index in [2.05, 4.69) is 0 Å². The van der Waals surface area contributed by atoms with Gasteiger partial charge in [-0.2, -0.15) is 0 Å². The first-order valence-electron chi connectivity index (χ1n) is 9.13. The van der Waals surface area contributed by atoms with Crippen molar-refractivity contribution >= 4 is 12.0 Å². The van der Waals surface area contributed by atoms with E-state index in [0.29, 0.717) is 0 Å². The molecule has 0 fully saturated rings. The Balaban J connectivity index is 2.20. The number of amides is 2. The number of carbonyl (C=O) groups excluding carboxylic acids is 2. The topological polar surface area (TPSA) is 81.9 Å². The highest BCUT2D eigenvalue weighted by atomic mass is 16.6. The fraction of sp³-hybridized carbons (Fsp3) is 0.364. The van der Waals surface area contributed by atoms with Crippen molar-refractivity contribution in [3.63, 3.8) is 0 Å². The molecule has 2 rings (SSSR count). The molecule has 28 heavy (non-hydrogen) atoms. The van der Waals surface area contributed by atoms with Gasteiger partial charge in [0.25, 0.3) is 0 Å². The number of hydrogen-bond acceptors (Lipinski definition) is 4. The van der Waals surface area contributed by atoms with Gasteiger partial charge < -0.3 is 15.2 Å². The van der Waals surface area contributed by atoms with Crippen molar-refractivity contribution in [2.75, 3.05) is 13.8 Å². The molecule has 0 aliphatic heterocycles. The molecule has 2 aromatic carbocycles. The van der Waals surface area contributed by atoms with Crippen LogP contribution in [0.25, 0.3) is 11.1 Å². The highest BCUT2D eigenvalue weighted by molar-refractivity contribution is 5.84. The van der Waals surface area contributed by atoms with Crippen LogP contribution in [0.1, 0.15) is 26.3 Å². The molecule has 0 saturated heterocycles. The molecule has 2 N–H and O–H groups in total. The van der Waals surface area contributed by atoms with E-state index in [0.717, 1.165) is 16.7 Å². The van der Waals surface area contributed by atoms with Gasteiger partial charge in [-0.1, -0.05) is 54.6 Å². The molecule has 6 nitrogen and oxygen atoms in total. The zero-order valence-electron chi connectivity index (χ0n) is 16.8. The maximum Gasteiger partial charge on any atom is 0.412 e. The number of nitrogens with two attached hydrogens (primary N) is 1. The Morgan fingerprint density at radius 3 is 2.07 bits per heavy atom. The minimum atomic E-state index is -0.877. The Labute approximate surface area is 166 Å². The first kappa shape index (κ1) is 21.4. The van der Waals surface area contributed by atoms with E-state index < -0.39 is 23.6 Å². The van der Waals surface area contributed by atoms with Gasteiger partial charge in [0.1, 0.15) is 18.4 Å². The van der Waals surface area contributed by atoms with E-state index in [9.17, 15) is 9.59 Å². The van der Waals surface area contributed by atoms with E-state index in [1.54, 1.807) is 20.8 Å². The number of nitrogens with zero attached hydrogens (tertiary/aromatic N) is 1. The quantitative estimate of drug-likeness (QED) is 0.740. The van der Waals surface area contributed by atoms with Gasteiger partial charge in [0.05, 0.1) is 0 Å². The molecule has 2 amide bonds. The van der Waals surface area contributed by atoms with E-state index >= 15 is 0 Å². The lowest BCUT2D eigenvalue weighted by Gasteiger charge is -2.31. The van der Waals surface area contributed by atoms with Gasteiger partial charge in [-0.25, -0.2) is 4.79 Å². The minimum Gasteiger partial charge on any atom is -0.444 e. The third-order valence-corrected chi connectivity index (χ3v) is 4.09. The third-order valence-electron chi connectivity index (χ3n) is 4.09. The Morgan fingerprint density at radius 2 is 1.57 bits per heavy atom. The third kappa shape index (κ3) is 6.09. The molecule has 0 aliphatic rings. The van der Waals surface area contributed by atoms with Crippen molar-refractivity contribution in [2.24, 2.45) is 5.73 Å². The molecule has 0 spiro atoms. The number of carbonyl (C=O) groups is 2. The second-order valence-electron chi connectivity index (χ2n) is 7.55. The van der Waals surface area contributed by atoms with Crippen molar-refractivity contribution < 1.29 is 19.1 Å². The average Bonchev–Trinajstić information content (AvgIpc) is 2.64. The first-order chi connectivity index (χ1) is 13.2. The molecule has 2 aromatic rings. The molecule has 0 heterocycles. The number of benzene rings is 2. The second-order valence-corrected chi connectivity index (χ2v) is 7.55. The molecule has 0 bridgehead atoms. The molecule has 6 heteroatoms. The fourth-order valence-corrected chi connectivity index (χ4v) is 2.78. The van der Waals surface area contributed by atoms with Crippen LogP contribution in [-0.4, -0.2) is 42.4 Å². The van der Waals surface area contributed by atoms with Crippen LogP contribution < -0.4 is 5.73 Å². The van der Waals surface area contributed by atoms with E-state index in [1.165, 1.54) is 12.0 Å². The van der Waals surface area contributed by atoms with E-state index in [-0.39, 0.29) is 13.2 Å². The smallest absolute Gasteiger partial charge is 0.412 e. The highest BCUT2D eigenvalue weighted by Crippen LogP contribution is 2.21. The van der Waals surface area contributed by atoms with Crippen LogP contribution >= 0.6 is 0 Å². The SMILES string of the molecule is COCN(C(=O)OC(C)(C)C)C(Cc1ccc(-c2ccccc2)cc1)C(N)=O. The summed E-state index contributed by atoms with van der Waals surface area (Å²) >= 11 is 0. The van der Waals surface area contributed by atoms with Gasteiger partial charge in [-0.05, 0) is 37.5 Å². The van der Waals surface area contributed by atoms with Crippen LogP contribution in [-0.2, 0) is 20.7 Å². The number of primary amides is 1. The maximum absolute atomic E-state index is 12.5. The van der Waals surface area contributed by atoms with Crippen molar-refractivity contribution in [1.29, 1.82) is 0 Å². The van der Waals surface area contributed by atoms with Gasteiger partial charge in [-0.15, -0.1) is 0 Å². The van der Waals surface area contributed by atoms with Crippen LogP contribution in [0.15, 0.2) is 54.6 Å². The summed E-state index contributed by atoms with van der Waals surface area (Å²) in [6.07, 6.45) is -0.369. The first-order valence-corrected chi connectivity index (χ1v) is 9.13. The second kappa shape index (κ2) is 9.37. The van der Waals surface area contributed by atoms with Crippen molar-refractivity contribution in [2.45, 2.75) is 38.8 Å². The van der Waals surface area contributed by atoms with Gasteiger partial charge in [-0.3, -0.25) is 9.69 Å². The summed E-state index contributed by atoms with van der Waals surface area (Å²) in [5.41, 5.74) is 7.96. The molecular formula is C22H28N2O4. The van der Waals surface area contributed by atoms with Crippen molar-refractivity contribution in [3.05, 3.63) is 60.2 Å². The fourth-order valence-electron chi connectivity index (χ4n) is 2.78. The molecular weight excluding hydrogens is 356 g/mol. The Kier molecular flexibility index (Phi) is 7.18. The summed E-state index contributed by atoms with van der Waals surface area (Å²) in [6, 6.07) is 16.9. The normalized spacial score (nSPS) is 12.3. The van der Waals surface area contributed by atoms with Crippen LogP contribution in [0.2, 0.25) is 0 Å². The molecule has 1 atom stereocenters. The summed E-state index contributed by atoms with van der Waals surface area (Å²) in [7, 11) is 1.45. The molecule has 0 aliphatic carbocycles. The number of methoxy groups -OCH3 is 1. The Hall–Kier alpha value is -2.86. The van der Waals surface area contributed by atoms with Crippen LogP contribution in [0.4, 0.5) is 4.79 Å². The van der Waals surface area contributed by atoms with Crippen LogP contribution in [0.3, 0.4) is 0 Å². The summed E-state index contributed by atoms with van der Waals surface area (Å²) in [6.45, 7) is 5.19. The Morgan fingerprint density at radius 1 is 1.00 bits per heavy atom. The monoisotopic (exact) mass is 384 g/mol. The zero-order valence-corrected chi connectivity index (χ0v) is 16.8. The van der Waals surface area contributed by atoms with Gasteiger partial charge >= 0.3 is 6.09 Å². The van der Waals surface area contributed by atoms with Crippen molar-refractivity contribution in [1.82, 2.24) is 4.90 Å². The van der Waals surface area contributed by atoms with Gasteiger partial charge in [0.2, 0.25) is 5.91 Å². The minimum absolute atomic E-state index is 0.0926. The summed E-state index contributed by atoms with van der Waals surface area (Å²) in [5.74, 6) is -0.616. The maximum atomic E-state index is 12.5. The number of ether oxygens (including phenoxy) is 2. The van der Waals surface area contributed by atoms with Crippen LogP contribution in [0.5, 0.6) is 0 Å². The predicted molar refractivity (Wildman–Crippen MR) is 109 cm³/mol. The highest BCUT2D eigenvalue weighted by Gasteiger charge is 2.32. The predicted octanol–water partition coefficient (Wildman–Crippen LogP) is 3.59.